The van der Waals surface area contributed by atoms with Gasteiger partial charge in [0.1, 0.15) is 6.10 Å². The fourth-order valence-corrected chi connectivity index (χ4v) is 1.97. The maximum absolute atomic E-state index is 11.8. The summed E-state index contributed by atoms with van der Waals surface area (Å²) in [5.74, 6) is 0.215. The smallest absolute Gasteiger partial charge is 0.251 e. The number of hydrogen-bond donors (Lipinski definition) is 0. The Balaban J connectivity index is 1.85. The van der Waals surface area contributed by atoms with Crippen molar-refractivity contribution < 1.29 is 9.53 Å². The van der Waals surface area contributed by atoms with Crippen molar-refractivity contribution in [3.63, 3.8) is 0 Å². The maximum Gasteiger partial charge on any atom is 0.251 e. The van der Waals surface area contributed by atoms with E-state index in [-0.39, 0.29) is 12.0 Å². The van der Waals surface area contributed by atoms with Gasteiger partial charge in [-0.05, 0) is 18.3 Å². The van der Waals surface area contributed by atoms with Crippen molar-refractivity contribution in [1.29, 1.82) is 0 Å². The Hall–Kier alpha value is -0.570. The summed E-state index contributed by atoms with van der Waals surface area (Å²) in [7, 11) is 0. The molecule has 0 bridgehead atoms. The minimum absolute atomic E-state index is 0.115. The van der Waals surface area contributed by atoms with Gasteiger partial charge in [-0.2, -0.15) is 0 Å². The van der Waals surface area contributed by atoms with Gasteiger partial charge in [-0.1, -0.05) is 13.8 Å². The number of ether oxygens (including phenoxy) is 1. The van der Waals surface area contributed by atoms with Gasteiger partial charge < -0.3 is 9.64 Å². The number of hydrogen-bond acceptors (Lipinski definition) is 2. The number of carbonyl (C=O) groups is 1. The molecule has 0 aromatic rings. The standard InChI is InChI=1S/C11H19NO2/c1-11(2)4-6-12(7-5-11)10(13)9-3-8-14-9/h9H,3-8H2,1-2H3. The van der Waals surface area contributed by atoms with Crippen LogP contribution in [0.1, 0.15) is 33.1 Å². The molecule has 0 saturated carbocycles. The Morgan fingerprint density at radius 2 is 1.93 bits per heavy atom. The number of amides is 1. The van der Waals surface area contributed by atoms with E-state index in [1.807, 2.05) is 4.90 Å². The Morgan fingerprint density at radius 1 is 1.36 bits per heavy atom. The molecule has 2 aliphatic rings. The van der Waals surface area contributed by atoms with E-state index in [4.69, 9.17) is 4.74 Å². The van der Waals surface area contributed by atoms with Crippen LogP contribution < -0.4 is 0 Å². The van der Waals surface area contributed by atoms with E-state index in [2.05, 4.69) is 13.8 Å². The van der Waals surface area contributed by atoms with E-state index in [9.17, 15) is 4.79 Å². The van der Waals surface area contributed by atoms with Gasteiger partial charge in [0.2, 0.25) is 0 Å². The van der Waals surface area contributed by atoms with Gasteiger partial charge in [0.05, 0.1) is 6.61 Å². The van der Waals surface area contributed by atoms with Gasteiger partial charge in [0, 0.05) is 19.5 Å². The van der Waals surface area contributed by atoms with E-state index in [0.717, 1.165) is 39.0 Å². The van der Waals surface area contributed by atoms with E-state index >= 15 is 0 Å². The number of rotatable bonds is 1. The lowest BCUT2D eigenvalue weighted by Gasteiger charge is -2.39. The average Bonchev–Trinajstić information content (AvgIpc) is 2.00. The van der Waals surface area contributed by atoms with Crippen molar-refractivity contribution in [2.45, 2.75) is 39.2 Å². The molecule has 2 rings (SSSR count). The molecule has 2 fully saturated rings. The average molecular weight is 197 g/mol. The fraction of sp³-hybridized carbons (Fsp3) is 0.909. The molecule has 0 aromatic heterocycles. The lowest BCUT2D eigenvalue weighted by molar-refractivity contribution is -0.158. The number of nitrogens with zero attached hydrogens (tertiary/aromatic N) is 1. The second-order valence-electron chi connectivity index (χ2n) is 5.14. The Bertz CT molecular complexity index is 223. The SMILES string of the molecule is CC1(C)CCN(C(=O)C2CCO2)CC1. The van der Waals surface area contributed by atoms with Gasteiger partial charge in [-0.25, -0.2) is 0 Å². The van der Waals surface area contributed by atoms with Crippen LogP contribution in [0.4, 0.5) is 0 Å². The minimum atomic E-state index is -0.115. The molecule has 2 aliphatic heterocycles. The maximum atomic E-state index is 11.8. The summed E-state index contributed by atoms with van der Waals surface area (Å²) >= 11 is 0. The van der Waals surface area contributed by atoms with Crippen LogP contribution in [0, 0.1) is 5.41 Å². The monoisotopic (exact) mass is 197 g/mol. The first-order chi connectivity index (χ1) is 6.58. The summed E-state index contributed by atoms with van der Waals surface area (Å²) in [5.41, 5.74) is 0.414. The van der Waals surface area contributed by atoms with Crippen LogP contribution in [0.5, 0.6) is 0 Å². The predicted octanol–water partition coefficient (Wildman–Crippen LogP) is 1.42. The highest BCUT2D eigenvalue weighted by atomic mass is 16.5. The van der Waals surface area contributed by atoms with Crippen molar-refractivity contribution in [2.75, 3.05) is 19.7 Å². The second kappa shape index (κ2) is 3.54. The zero-order chi connectivity index (χ0) is 10.2. The quantitative estimate of drug-likeness (QED) is 0.636. The summed E-state index contributed by atoms with van der Waals surface area (Å²) in [4.78, 5) is 13.8. The van der Waals surface area contributed by atoms with Crippen molar-refractivity contribution in [3.8, 4) is 0 Å². The minimum Gasteiger partial charge on any atom is -0.368 e. The van der Waals surface area contributed by atoms with Crippen LogP contribution >= 0.6 is 0 Å². The molecular formula is C11H19NO2. The second-order valence-corrected chi connectivity index (χ2v) is 5.14. The zero-order valence-electron chi connectivity index (χ0n) is 9.08. The summed E-state index contributed by atoms with van der Waals surface area (Å²) in [5, 5.41) is 0. The van der Waals surface area contributed by atoms with Crippen LogP contribution in [0.25, 0.3) is 0 Å². The predicted molar refractivity (Wildman–Crippen MR) is 54.0 cm³/mol. The Morgan fingerprint density at radius 3 is 2.36 bits per heavy atom. The molecule has 0 N–H and O–H groups in total. The summed E-state index contributed by atoms with van der Waals surface area (Å²) < 4.78 is 5.21. The van der Waals surface area contributed by atoms with Crippen LogP contribution in [-0.2, 0) is 9.53 Å². The van der Waals surface area contributed by atoms with Gasteiger partial charge in [0.15, 0.2) is 0 Å². The van der Waals surface area contributed by atoms with Crippen molar-refractivity contribution in [3.05, 3.63) is 0 Å². The molecule has 3 heteroatoms. The van der Waals surface area contributed by atoms with Crippen LogP contribution in [0.15, 0.2) is 0 Å². The van der Waals surface area contributed by atoms with Gasteiger partial charge in [-0.3, -0.25) is 4.79 Å². The van der Waals surface area contributed by atoms with E-state index in [0.29, 0.717) is 5.41 Å². The lowest BCUT2D eigenvalue weighted by Crippen LogP contribution is -2.49. The summed E-state index contributed by atoms with van der Waals surface area (Å²) in [6.07, 6.45) is 3.03. The molecule has 3 nitrogen and oxygen atoms in total. The summed E-state index contributed by atoms with van der Waals surface area (Å²) in [6, 6.07) is 0. The molecule has 0 aromatic carbocycles. The van der Waals surface area contributed by atoms with Gasteiger partial charge in [-0.15, -0.1) is 0 Å². The highest BCUT2D eigenvalue weighted by molar-refractivity contribution is 5.81. The largest absolute Gasteiger partial charge is 0.368 e. The van der Waals surface area contributed by atoms with Crippen LogP contribution in [0.2, 0.25) is 0 Å². The normalized spacial score (nSPS) is 31.0. The van der Waals surface area contributed by atoms with E-state index in [1.165, 1.54) is 0 Å². The van der Waals surface area contributed by atoms with Crippen molar-refractivity contribution >= 4 is 5.91 Å². The van der Waals surface area contributed by atoms with Gasteiger partial charge in [0.25, 0.3) is 5.91 Å². The lowest BCUT2D eigenvalue weighted by atomic mass is 9.82. The topological polar surface area (TPSA) is 29.5 Å². The molecule has 14 heavy (non-hydrogen) atoms. The highest BCUT2D eigenvalue weighted by Crippen LogP contribution is 2.30. The Labute approximate surface area is 85.4 Å². The van der Waals surface area contributed by atoms with E-state index < -0.39 is 0 Å². The number of likely N-dealkylation sites (tertiary alicyclic amines) is 1. The van der Waals surface area contributed by atoms with Crippen molar-refractivity contribution in [1.82, 2.24) is 4.90 Å². The molecule has 1 atom stereocenters. The number of piperidine rings is 1. The molecule has 2 heterocycles. The molecule has 0 radical (unpaired) electrons. The molecule has 0 spiro atoms. The molecule has 0 aliphatic carbocycles. The first-order valence-electron chi connectivity index (χ1n) is 5.49. The summed E-state index contributed by atoms with van der Waals surface area (Å²) in [6.45, 7) is 7.12. The third-order valence-electron chi connectivity index (χ3n) is 3.40. The van der Waals surface area contributed by atoms with Gasteiger partial charge >= 0.3 is 0 Å². The first-order valence-corrected chi connectivity index (χ1v) is 5.49. The molecule has 1 amide bonds. The first kappa shape index (κ1) is 9.97. The molecule has 2 saturated heterocycles. The molecule has 1 unspecified atom stereocenters. The fourth-order valence-electron chi connectivity index (χ4n) is 1.97. The van der Waals surface area contributed by atoms with Crippen molar-refractivity contribution in [2.24, 2.45) is 5.41 Å². The third kappa shape index (κ3) is 1.92. The van der Waals surface area contributed by atoms with Crippen LogP contribution in [-0.4, -0.2) is 36.6 Å². The highest BCUT2D eigenvalue weighted by Gasteiger charge is 2.34. The van der Waals surface area contributed by atoms with E-state index in [1.54, 1.807) is 0 Å². The van der Waals surface area contributed by atoms with Crippen LogP contribution in [0.3, 0.4) is 0 Å². The third-order valence-corrected chi connectivity index (χ3v) is 3.40. The molecule has 80 valence electrons. The number of carbonyl (C=O) groups excluding carboxylic acids is 1. The zero-order valence-corrected chi connectivity index (χ0v) is 9.08. The Kier molecular flexibility index (Phi) is 2.52. The molecular weight excluding hydrogens is 178 g/mol.